The fourth-order valence-electron chi connectivity index (χ4n) is 4.34. The molecule has 0 aliphatic carbocycles. The van der Waals surface area contributed by atoms with Gasteiger partial charge in [0.2, 0.25) is 0 Å². The lowest BCUT2D eigenvalue weighted by atomic mass is 10.0. The summed E-state index contributed by atoms with van der Waals surface area (Å²) in [4.78, 5) is 12.5. The van der Waals surface area contributed by atoms with Crippen LogP contribution in [-0.4, -0.2) is 33.2 Å². The first-order valence-corrected chi connectivity index (χ1v) is 11.7. The van der Waals surface area contributed by atoms with Crippen molar-refractivity contribution in [2.75, 3.05) is 13.7 Å². The van der Waals surface area contributed by atoms with Gasteiger partial charge in [0.05, 0.1) is 24.5 Å². The van der Waals surface area contributed by atoms with Gasteiger partial charge in [-0.25, -0.2) is 4.98 Å². The highest BCUT2D eigenvalue weighted by atomic mass is 16.5. The van der Waals surface area contributed by atoms with Crippen molar-refractivity contribution in [3.8, 4) is 17.0 Å². The number of methoxy groups -OCH3 is 1. The van der Waals surface area contributed by atoms with Crippen LogP contribution in [0.15, 0.2) is 73.8 Å². The van der Waals surface area contributed by atoms with Crippen LogP contribution in [0.4, 0.5) is 0 Å². The zero-order valence-corrected chi connectivity index (χ0v) is 19.6. The molecule has 0 spiro atoms. The molecule has 6 nitrogen and oxygen atoms in total. The number of aromatic nitrogens is 4. The molecule has 34 heavy (non-hydrogen) atoms. The molecule has 4 heterocycles. The normalized spacial score (nSPS) is 11.2. The molecule has 5 aromatic rings. The quantitative estimate of drug-likeness (QED) is 0.270. The molecule has 0 saturated heterocycles. The second-order valence-electron chi connectivity index (χ2n) is 8.46. The van der Waals surface area contributed by atoms with Gasteiger partial charge in [0.15, 0.2) is 0 Å². The Morgan fingerprint density at radius 3 is 2.79 bits per heavy atom. The molecule has 0 aliphatic heterocycles. The third-order valence-electron chi connectivity index (χ3n) is 6.24. The van der Waals surface area contributed by atoms with Crippen LogP contribution in [0.3, 0.4) is 0 Å². The van der Waals surface area contributed by atoms with Crippen molar-refractivity contribution in [1.29, 1.82) is 0 Å². The van der Waals surface area contributed by atoms with Crippen LogP contribution >= 0.6 is 0 Å². The first-order valence-electron chi connectivity index (χ1n) is 11.7. The highest BCUT2D eigenvalue weighted by Gasteiger charge is 2.12. The van der Waals surface area contributed by atoms with E-state index in [-0.39, 0.29) is 0 Å². The summed E-state index contributed by atoms with van der Waals surface area (Å²) in [6, 6.07) is 14.7. The molecule has 0 amide bonds. The Bertz CT molecular complexity index is 1450. The zero-order chi connectivity index (χ0) is 23.5. The summed E-state index contributed by atoms with van der Waals surface area (Å²) in [7, 11) is 1.64. The Labute approximate surface area is 199 Å². The van der Waals surface area contributed by atoms with Crippen LogP contribution in [0.1, 0.15) is 30.9 Å². The number of benzene rings is 1. The summed E-state index contributed by atoms with van der Waals surface area (Å²) in [6.07, 6.45) is 10.8. The van der Waals surface area contributed by atoms with Gasteiger partial charge in [0, 0.05) is 47.9 Å². The lowest BCUT2D eigenvalue weighted by Crippen LogP contribution is -2.16. The molecule has 5 rings (SSSR count). The summed E-state index contributed by atoms with van der Waals surface area (Å²) in [6.45, 7) is 7.37. The van der Waals surface area contributed by atoms with Crippen molar-refractivity contribution >= 4 is 27.8 Å². The van der Waals surface area contributed by atoms with Crippen LogP contribution in [0.2, 0.25) is 0 Å². The SMILES string of the molecule is C=C(NCCCC)n1ccc2c(Cc3c[nH]c4ncc(-c5ccc(OC)cn5)cc34)cccc21. The molecule has 0 aliphatic rings. The van der Waals surface area contributed by atoms with E-state index in [1.165, 1.54) is 16.5 Å². The van der Waals surface area contributed by atoms with E-state index >= 15 is 0 Å². The molecule has 0 unspecified atom stereocenters. The maximum atomic E-state index is 5.23. The van der Waals surface area contributed by atoms with Crippen molar-refractivity contribution in [3.05, 3.63) is 85.0 Å². The van der Waals surface area contributed by atoms with Crippen molar-refractivity contribution in [1.82, 2.24) is 24.8 Å². The largest absolute Gasteiger partial charge is 0.495 e. The number of hydrogen-bond donors (Lipinski definition) is 2. The Hall–Kier alpha value is -4.06. The Kier molecular flexibility index (Phi) is 6.04. The smallest absolute Gasteiger partial charge is 0.137 e. The van der Waals surface area contributed by atoms with Gasteiger partial charge in [0.1, 0.15) is 17.2 Å². The molecule has 0 fully saturated rings. The van der Waals surface area contributed by atoms with E-state index in [1.54, 1.807) is 13.3 Å². The summed E-state index contributed by atoms with van der Waals surface area (Å²) in [5.41, 5.74) is 6.37. The van der Waals surface area contributed by atoms with Gasteiger partial charge in [-0.2, -0.15) is 0 Å². The Morgan fingerprint density at radius 1 is 1.09 bits per heavy atom. The minimum Gasteiger partial charge on any atom is -0.495 e. The number of nitrogens with zero attached hydrogens (tertiary/aromatic N) is 3. The van der Waals surface area contributed by atoms with Crippen molar-refractivity contribution in [3.63, 3.8) is 0 Å². The van der Waals surface area contributed by atoms with Crippen LogP contribution in [0.5, 0.6) is 5.75 Å². The van der Waals surface area contributed by atoms with Crippen LogP contribution in [0.25, 0.3) is 39.0 Å². The van der Waals surface area contributed by atoms with Crippen molar-refractivity contribution in [2.24, 2.45) is 0 Å². The predicted octanol–water partition coefficient (Wildman–Crippen LogP) is 6.00. The highest BCUT2D eigenvalue weighted by Crippen LogP contribution is 2.29. The van der Waals surface area contributed by atoms with Gasteiger partial charge in [-0.15, -0.1) is 0 Å². The summed E-state index contributed by atoms with van der Waals surface area (Å²) in [5.74, 6) is 1.65. The van der Waals surface area contributed by atoms with E-state index in [9.17, 15) is 0 Å². The molecule has 1 aromatic carbocycles. The number of hydrogen-bond acceptors (Lipinski definition) is 4. The maximum Gasteiger partial charge on any atom is 0.137 e. The summed E-state index contributed by atoms with van der Waals surface area (Å²) >= 11 is 0. The monoisotopic (exact) mass is 451 g/mol. The lowest BCUT2D eigenvalue weighted by molar-refractivity contribution is 0.413. The Balaban J connectivity index is 1.46. The molecule has 0 bridgehead atoms. The topological polar surface area (TPSA) is 67.8 Å². The number of fused-ring (bicyclic) bond motifs is 2. The second-order valence-corrected chi connectivity index (χ2v) is 8.46. The number of ether oxygens (including phenoxy) is 1. The van der Waals surface area contributed by atoms with E-state index in [2.05, 4.69) is 81.1 Å². The van der Waals surface area contributed by atoms with Crippen molar-refractivity contribution in [2.45, 2.75) is 26.2 Å². The average molecular weight is 452 g/mol. The second kappa shape index (κ2) is 9.43. The summed E-state index contributed by atoms with van der Waals surface area (Å²) < 4.78 is 7.37. The van der Waals surface area contributed by atoms with Gasteiger partial charge in [-0.3, -0.25) is 4.98 Å². The van der Waals surface area contributed by atoms with E-state index in [0.29, 0.717) is 0 Å². The highest BCUT2D eigenvalue weighted by molar-refractivity contribution is 5.88. The first kappa shape index (κ1) is 21.8. The fourth-order valence-corrected chi connectivity index (χ4v) is 4.34. The van der Waals surface area contributed by atoms with Gasteiger partial charge < -0.3 is 19.6 Å². The number of aromatic amines is 1. The number of rotatable bonds is 9. The van der Waals surface area contributed by atoms with Gasteiger partial charge >= 0.3 is 0 Å². The van der Waals surface area contributed by atoms with E-state index in [1.807, 2.05) is 18.3 Å². The summed E-state index contributed by atoms with van der Waals surface area (Å²) in [5, 5.41) is 5.78. The molecular formula is C28H29N5O. The zero-order valence-electron chi connectivity index (χ0n) is 19.6. The minimum atomic E-state index is 0.739. The standard InChI is InChI=1S/C28H29N5O/c1-4-5-12-29-19(2)33-13-11-24-20(7-6-8-27(24)33)14-21-16-31-28-25(21)15-22(17-32-28)26-10-9-23(34-3)18-30-26/h6-11,13,15-18,29H,2,4-5,12,14H2,1,3H3,(H,31,32). The molecular weight excluding hydrogens is 422 g/mol. The Morgan fingerprint density at radius 2 is 2.00 bits per heavy atom. The van der Waals surface area contributed by atoms with E-state index in [0.717, 1.165) is 65.2 Å². The number of unbranched alkanes of at least 4 members (excludes halogenated alkanes) is 1. The van der Waals surface area contributed by atoms with Crippen LogP contribution < -0.4 is 10.1 Å². The van der Waals surface area contributed by atoms with Crippen molar-refractivity contribution < 1.29 is 4.74 Å². The third kappa shape index (κ3) is 4.15. The predicted molar refractivity (Wildman–Crippen MR) is 139 cm³/mol. The van der Waals surface area contributed by atoms with Crippen LogP contribution in [-0.2, 0) is 6.42 Å². The molecule has 0 radical (unpaired) electrons. The maximum absolute atomic E-state index is 5.23. The lowest BCUT2D eigenvalue weighted by Gasteiger charge is -2.12. The molecule has 0 atom stereocenters. The van der Waals surface area contributed by atoms with Gasteiger partial charge in [-0.1, -0.05) is 32.1 Å². The van der Waals surface area contributed by atoms with Gasteiger partial charge in [-0.05, 0) is 47.9 Å². The molecule has 0 saturated carbocycles. The minimum absolute atomic E-state index is 0.739. The third-order valence-corrected chi connectivity index (χ3v) is 6.24. The fraction of sp³-hybridized carbons (Fsp3) is 0.214. The van der Waals surface area contributed by atoms with E-state index < -0.39 is 0 Å². The number of H-pyrrole nitrogens is 1. The molecule has 172 valence electrons. The number of nitrogens with one attached hydrogen (secondary N) is 2. The first-order chi connectivity index (χ1) is 16.7. The van der Waals surface area contributed by atoms with Gasteiger partial charge in [0.25, 0.3) is 0 Å². The van der Waals surface area contributed by atoms with Crippen LogP contribution in [0, 0.1) is 0 Å². The molecule has 4 aromatic heterocycles. The van der Waals surface area contributed by atoms with E-state index in [4.69, 9.17) is 4.74 Å². The number of pyridine rings is 2. The molecule has 6 heteroatoms. The molecule has 2 N–H and O–H groups in total. The average Bonchev–Trinajstić information content (AvgIpc) is 3.49.